The molecule has 0 unspecified atom stereocenters. The Balaban J connectivity index is 1.28. The number of halogens is 1. The molecule has 8 heteroatoms. The molecule has 3 amide bonds. The van der Waals surface area contributed by atoms with E-state index in [1.807, 2.05) is 30.0 Å². The van der Waals surface area contributed by atoms with Crippen molar-refractivity contribution in [2.45, 2.75) is 64.0 Å². The molecule has 2 saturated heterocycles. The molecule has 1 aliphatic carbocycles. The molecule has 1 aromatic rings. The third-order valence-corrected chi connectivity index (χ3v) is 8.38. The fraction of sp³-hybridized carbons (Fsp3) is 0.571. The normalized spacial score (nSPS) is 28.6. The van der Waals surface area contributed by atoms with E-state index in [2.05, 4.69) is 10.2 Å². The van der Waals surface area contributed by atoms with Gasteiger partial charge in [-0.3, -0.25) is 9.69 Å². The van der Waals surface area contributed by atoms with Gasteiger partial charge in [0.05, 0.1) is 23.8 Å². The zero-order chi connectivity index (χ0) is 25.3. The first-order chi connectivity index (χ1) is 17.4. The van der Waals surface area contributed by atoms with Crippen molar-refractivity contribution in [3.05, 3.63) is 47.9 Å². The summed E-state index contributed by atoms with van der Waals surface area (Å²) in [7, 11) is 0. The van der Waals surface area contributed by atoms with E-state index in [-0.39, 0.29) is 29.9 Å². The lowest BCUT2D eigenvalue weighted by Crippen LogP contribution is -2.50. The van der Waals surface area contributed by atoms with Crippen LogP contribution in [0.4, 0.5) is 14.9 Å². The van der Waals surface area contributed by atoms with Gasteiger partial charge in [-0.25, -0.2) is 9.18 Å². The Morgan fingerprint density at radius 3 is 2.75 bits per heavy atom. The molecule has 7 nitrogen and oxygen atoms in total. The molecule has 3 fully saturated rings. The second-order valence-corrected chi connectivity index (χ2v) is 10.7. The molecule has 1 aromatic carbocycles. The van der Waals surface area contributed by atoms with Gasteiger partial charge < -0.3 is 20.2 Å². The lowest BCUT2D eigenvalue weighted by atomic mass is 9.78. The van der Waals surface area contributed by atoms with Gasteiger partial charge in [-0.15, -0.1) is 0 Å². The summed E-state index contributed by atoms with van der Waals surface area (Å²) in [6.07, 6.45) is 11.0. The third-order valence-electron chi connectivity index (χ3n) is 8.38. The lowest BCUT2D eigenvalue weighted by molar-refractivity contribution is -0.139. The predicted molar refractivity (Wildman–Crippen MR) is 138 cm³/mol. The molecule has 3 heterocycles. The number of nitrogens with zero attached hydrogens (tertiary/aromatic N) is 3. The van der Waals surface area contributed by atoms with Crippen molar-refractivity contribution in [1.82, 2.24) is 15.1 Å². The van der Waals surface area contributed by atoms with Crippen LogP contribution in [0.5, 0.6) is 0 Å². The van der Waals surface area contributed by atoms with Crippen LogP contribution in [0, 0.1) is 11.2 Å². The molecule has 4 aliphatic rings. The van der Waals surface area contributed by atoms with Gasteiger partial charge in [-0.05, 0) is 81.2 Å². The number of anilines is 1. The first-order valence-electron chi connectivity index (χ1n) is 13.4. The highest BCUT2D eigenvalue weighted by molar-refractivity contribution is 5.86. The van der Waals surface area contributed by atoms with Crippen LogP contribution in [0.1, 0.15) is 57.4 Å². The second kappa shape index (κ2) is 10.2. The predicted octanol–water partition coefficient (Wildman–Crippen LogP) is 3.89. The zero-order valence-electron chi connectivity index (χ0n) is 21.1. The average molecular weight is 497 g/mol. The highest BCUT2D eigenvalue weighted by Crippen LogP contribution is 2.44. The zero-order valence-corrected chi connectivity index (χ0v) is 21.1. The Kier molecular flexibility index (Phi) is 7.06. The Morgan fingerprint density at radius 2 is 2.00 bits per heavy atom. The number of carbonyl (C=O) groups excluding carboxylic acids is 2. The number of carbonyl (C=O) groups is 2. The lowest BCUT2D eigenvalue weighted by Gasteiger charge is -2.41. The molecular weight excluding hydrogens is 459 g/mol. The summed E-state index contributed by atoms with van der Waals surface area (Å²) in [4.78, 5) is 31.5. The Morgan fingerprint density at radius 1 is 1.19 bits per heavy atom. The molecule has 1 atom stereocenters. The molecule has 0 aromatic heterocycles. The van der Waals surface area contributed by atoms with E-state index in [9.17, 15) is 14.7 Å². The van der Waals surface area contributed by atoms with Crippen LogP contribution in [0.25, 0.3) is 5.57 Å². The summed E-state index contributed by atoms with van der Waals surface area (Å²) in [5.41, 5.74) is 1.73. The fourth-order valence-electron chi connectivity index (χ4n) is 6.38. The van der Waals surface area contributed by atoms with Crippen molar-refractivity contribution >= 4 is 23.2 Å². The van der Waals surface area contributed by atoms with E-state index in [1.165, 1.54) is 0 Å². The Hall–Kier alpha value is -2.87. The number of hydrogen-bond donors (Lipinski definition) is 2. The monoisotopic (exact) mass is 496 g/mol. The highest BCUT2D eigenvalue weighted by Gasteiger charge is 2.50. The van der Waals surface area contributed by atoms with Crippen molar-refractivity contribution in [2.24, 2.45) is 5.41 Å². The maximum absolute atomic E-state index is 15.4. The Labute approximate surface area is 212 Å². The minimum Gasteiger partial charge on any atom is -0.393 e. The van der Waals surface area contributed by atoms with Crippen molar-refractivity contribution in [3.63, 3.8) is 0 Å². The van der Waals surface area contributed by atoms with Crippen LogP contribution in [0.2, 0.25) is 0 Å². The molecule has 194 valence electrons. The van der Waals surface area contributed by atoms with E-state index < -0.39 is 5.41 Å². The number of nitrogens with one attached hydrogen (secondary N) is 1. The van der Waals surface area contributed by atoms with Crippen molar-refractivity contribution in [2.75, 3.05) is 37.6 Å². The van der Waals surface area contributed by atoms with Crippen LogP contribution in [-0.2, 0) is 4.79 Å². The molecule has 2 N–H and O–H groups in total. The van der Waals surface area contributed by atoms with Crippen LogP contribution >= 0.6 is 0 Å². The molecule has 36 heavy (non-hydrogen) atoms. The first kappa shape index (κ1) is 24.8. The molecular formula is C28H37FN4O3. The summed E-state index contributed by atoms with van der Waals surface area (Å²) < 4.78 is 15.4. The first-order valence-corrected chi connectivity index (χ1v) is 13.4. The van der Waals surface area contributed by atoms with E-state index in [1.54, 1.807) is 23.2 Å². The van der Waals surface area contributed by atoms with Gasteiger partial charge in [-0.2, -0.15) is 0 Å². The van der Waals surface area contributed by atoms with Gasteiger partial charge in [-0.1, -0.05) is 12.1 Å². The molecule has 3 aliphatic heterocycles. The van der Waals surface area contributed by atoms with Gasteiger partial charge in [0, 0.05) is 38.4 Å². The summed E-state index contributed by atoms with van der Waals surface area (Å²) in [5, 5.41) is 12.6. The number of benzene rings is 1. The Bertz CT molecular complexity index is 1060. The summed E-state index contributed by atoms with van der Waals surface area (Å²) in [6.45, 7) is 4.85. The largest absolute Gasteiger partial charge is 0.393 e. The SMILES string of the molecule is CCNC(=O)N1C=CC=C(c2ccc(N3CCC[C@]4(CCN(C5CCC(O)CC5)C4=O)C3)c(F)c2)C1. The molecule has 5 rings (SSSR count). The number of aliphatic hydroxyl groups is 1. The third kappa shape index (κ3) is 4.75. The van der Waals surface area contributed by atoms with Crippen LogP contribution in [-0.4, -0.2) is 71.7 Å². The van der Waals surface area contributed by atoms with Crippen molar-refractivity contribution in [1.29, 1.82) is 0 Å². The number of urea groups is 1. The summed E-state index contributed by atoms with van der Waals surface area (Å²) in [6, 6.07) is 5.33. The van der Waals surface area contributed by atoms with Gasteiger partial charge in [0.2, 0.25) is 5.91 Å². The molecule has 0 bridgehead atoms. The van der Waals surface area contributed by atoms with Crippen LogP contribution < -0.4 is 10.2 Å². The van der Waals surface area contributed by atoms with Gasteiger partial charge in [0.15, 0.2) is 0 Å². The topological polar surface area (TPSA) is 76.1 Å². The number of rotatable bonds is 4. The van der Waals surface area contributed by atoms with E-state index >= 15 is 4.39 Å². The summed E-state index contributed by atoms with van der Waals surface area (Å²) in [5.74, 6) is -0.0802. The number of aliphatic hydroxyl groups excluding tert-OH is 1. The van der Waals surface area contributed by atoms with E-state index in [0.717, 1.165) is 69.2 Å². The highest BCUT2D eigenvalue weighted by atomic mass is 19.1. The number of amides is 3. The molecule has 1 spiro atoms. The van der Waals surface area contributed by atoms with Gasteiger partial charge >= 0.3 is 6.03 Å². The van der Waals surface area contributed by atoms with E-state index in [0.29, 0.717) is 25.3 Å². The quantitative estimate of drug-likeness (QED) is 0.663. The van der Waals surface area contributed by atoms with Crippen molar-refractivity contribution in [3.8, 4) is 0 Å². The summed E-state index contributed by atoms with van der Waals surface area (Å²) >= 11 is 0. The van der Waals surface area contributed by atoms with Crippen LogP contribution in [0.15, 0.2) is 36.6 Å². The minimum absolute atomic E-state index is 0.172. The fourth-order valence-corrected chi connectivity index (χ4v) is 6.38. The number of likely N-dealkylation sites (tertiary alicyclic amines) is 1. The minimum atomic E-state index is -0.441. The van der Waals surface area contributed by atoms with Gasteiger partial charge in [0.25, 0.3) is 0 Å². The van der Waals surface area contributed by atoms with E-state index in [4.69, 9.17) is 0 Å². The number of hydrogen-bond acceptors (Lipinski definition) is 4. The molecule has 0 radical (unpaired) electrons. The smallest absolute Gasteiger partial charge is 0.321 e. The van der Waals surface area contributed by atoms with Gasteiger partial charge in [0.1, 0.15) is 5.82 Å². The maximum atomic E-state index is 15.4. The second-order valence-electron chi connectivity index (χ2n) is 10.7. The standard InChI is InChI=1S/C28H37FN4O3/c1-2-30-27(36)31-14-3-5-21(18-31)20-6-11-25(24(29)17-20)32-15-4-12-28(19-32)13-16-33(26(28)35)22-7-9-23(34)10-8-22/h3,5-6,11,14,17,22-23,34H,2,4,7-10,12-13,15-16,18-19H2,1H3,(H,30,36)/t22?,23?,28-/m0/s1. The average Bonchev–Trinajstić information content (AvgIpc) is 3.19. The number of piperidine rings is 1. The molecule has 1 saturated carbocycles. The number of allylic oxidation sites excluding steroid dienone is 2. The van der Waals surface area contributed by atoms with Crippen LogP contribution in [0.3, 0.4) is 0 Å². The van der Waals surface area contributed by atoms with Crippen molar-refractivity contribution < 1.29 is 19.1 Å². The maximum Gasteiger partial charge on any atom is 0.321 e.